The monoisotopic (exact) mass is 340 g/mol. The molecule has 1 aliphatic rings. The van der Waals surface area contributed by atoms with Crippen LogP contribution in [-0.4, -0.2) is 46.6 Å². The summed E-state index contributed by atoms with van der Waals surface area (Å²) in [6, 6.07) is 9.94. The fourth-order valence-corrected chi connectivity index (χ4v) is 2.85. The first-order valence-corrected chi connectivity index (χ1v) is 8.77. The number of amides is 1. The average Bonchev–Trinajstić information content (AvgIpc) is 3.19. The Labute approximate surface area is 148 Å². The van der Waals surface area contributed by atoms with Crippen LogP contribution in [0.2, 0.25) is 0 Å². The Hall–Kier alpha value is -2.47. The summed E-state index contributed by atoms with van der Waals surface area (Å²) in [7, 11) is 0. The van der Waals surface area contributed by atoms with E-state index in [0.717, 1.165) is 31.6 Å². The van der Waals surface area contributed by atoms with E-state index in [1.54, 1.807) is 11.1 Å². The van der Waals surface area contributed by atoms with Gasteiger partial charge in [-0.05, 0) is 25.3 Å². The van der Waals surface area contributed by atoms with Crippen LogP contribution in [0.15, 0.2) is 42.7 Å². The zero-order valence-corrected chi connectivity index (χ0v) is 14.5. The second kappa shape index (κ2) is 8.58. The molecule has 0 radical (unpaired) electrons. The number of hydrogen-bond donors (Lipinski definition) is 1. The van der Waals surface area contributed by atoms with Gasteiger partial charge in [0.1, 0.15) is 11.5 Å². The second-order valence-corrected chi connectivity index (χ2v) is 6.11. The SMILES string of the molecule is CCN(Cc1ccccc1)C(=O)c1cnc(NCC2CCCO2)cn1. The van der Waals surface area contributed by atoms with E-state index < -0.39 is 0 Å². The number of anilines is 1. The van der Waals surface area contributed by atoms with Crippen LogP contribution in [0.4, 0.5) is 5.82 Å². The van der Waals surface area contributed by atoms with Crippen LogP contribution in [0, 0.1) is 0 Å². The maximum absolute atomic E-state index is 12.6. The summed E-state index contributed by atoms with van der Waals surface area (Å²) < 4.78 is 5.57. The van der Waals surface area contributed by atoms with E-state index in [4.69, 9.17) is 4.74 Å². The predicted octanol–water partition coefficient (Wildman–Crippen LogP) is 2.73. The van der Waals surface area contributed by atoms with Crippen molar-refractivity contribution in [2.45, 2.75) is 32.4 Å². The minimum atomic E-state index is -0.107. The number of nitrogens with one attached hydrogen (secondary N) is 1. The van der Waals surface area contributed by atoms with Crippen LogP contribution in [0.3, 0.4) is 0 Å². The molecule has 3 rings (SSSR count). The van der Waals surface area contributed by atoms with Gasteiger partial charge in [0.25, 0.3) is 5.91 Å². The lowest BCUT2D eigenvalue weighted by Gasteiger charge is -2.20. The Morgan fingerprint density at radius 1 is 1.28 bits per heavy atom. The van der Waals surface area contributed by atoms with Crippen molar-refractivity contribution in [1.82, 2.24) is 14.9 Å². The molecule has 1 atom stereocenters. The Morgan fingerprint density at radius 2 is 2.12 bits per heavy atom. The predicted molar refractivity (Wildman–Crippen MR) is 96.4 cm³/mol. The van der Waals surface area contributed by atoms with Crippen molar-refractivity contribution in [3.63, 3.8) is 0 Å². The van der Waals surface area contributed by atoms with Crippen molar-refractivity contribution in [2.24, 2.45) is 0 Å². The normalized spacial score (nSPS) is 16.6. The lowest BCUT2D eigenvalue weighted by atomic mass is 10.2. The number of carbonyl (C=O) groups excluding carboxylic acids is 1. The topological polar surface area (TPSA) is 67.4 Å². The first-order valence-electron chi connectivity index (χ1n) is 8.77. The maximum atomic E-state index is 12.6. The van der Waals surface area contributed by atoms with Gasteiger partial charge >= 0.3 is 0 Å². The van der Waals surface area contributed by atoms with Crippen LogP contribution in [0.25, 0.3) is 0 Å². The van der Waals surface area contributed by atoms with E-state index >= 15 is 0 Å². The molecular weight excluding hydrogens is 316 g/mol. The summed E-state index contributed by atoms with van der Waals surface area (Å²) >= 11 is 0. The number of nitrogens with zero attached hydrogens (tertiary/aromatic N) is 3. The molecule has 132 valence electrons. The molecule has 2 heterocycles. The summed E-state index contributed by atoms with van der Waals surface area (Å²) in [5.74, 6) is 0.558. The molecule has 25 heavy (non-hydrogen) atoms. The van der Waals surface area contributed by atoms with E-state index in [1.807, 2.05) is 37.3 Å². The van der Waals surface area contributed by atoms with E-state index in [2.05, 4.69) is 15.3 Å². The van der Waals surface area contributed by atoms with Gasteiger partial charge in [-0.1, -0.05) is 30.3 Å². The highest BCUT2D eigenvalue weighted by atomic mass is 16.5. The van der Waals surface area contributed by atoms with Crippen molar-refractivity contribution in [2.75, 3.05) is 25.0 Å². The zero-order chi connectivity index (χ0) is 17.5. The molecule has 1 aliphatic heterocycles. The molecule has 1 aromatic heterocycles. The molecular formula is C19H24N4O2. The van der Waals surface area contributed by atoms with E-state index in [9.17, 15) is 4.79 Å². The maximum Gasteiger partial charge on any atom is 0.274 e. The molecule has 1 N–H and O–H groups in total. The standard InChI is InChI=1S/C19H24N4O2/c1-2-23(14-15-7-4-3-5-8-15)19(24)17-12-22-18(13-20-17)21-11-16-9-6-10-25-16/h3-5,7-8,12-13,16H,2,6,9-11,14H2,1H3,(H,21,22). The van der Waals surface area contributed by atoms with Crippen molar-refractivity contribution in [3.05, 3.63) is 54.0 Å². The number of rotatable bonds is 7. The summed E-state index contributed by atoms with van der Waals surface area (Å²) in [6.45, 7) is 4.70. The lowest BCUT2D eigenvalue weighted by Crippen LogP contribution is -2.31. The van der Waals surface area contributed by atoms with Gasteiger partial charge in [0, 0.05) is 26.2 Å². The first kappa shape index (κ1) is 17.4. The molecule has 0 saturated carbocycles. The second-order valence-electron chi connectivity index (χ2n) is 6.11. The molecule has 6 nitrogen and oxygen atoms in total. The fraction of sp³-hybridized carbons (Fsp3) is 0.421. The summed E-state index contributed by atoms with van der Waals surface area (Å²) in [4.78, 5) is 23.0. The number of hydrogen-bond acceptors (Lipinski definition) is 5. The van der Waals surface area contributed by atoms with Crippen LogP contribution < -0.4 is 5.32 Å². The van der Waals surface area contributed by atoms with Crippen LogP contribution in [0.1, 0.15) is 35.8 Å². The van der Waals surface area contributed by atoms with Gasteiger partial charge in [0.05, 0.1) is 18.5 Å². The van der Waals surface area contributed by atoms with Gasteiger partial charge in [-0.3, -0.25) is 4.79 Å². The summed E-state index contributed by atoms with van der Waals surface area (Å²) in [5, 5.41) is 3.21. The van der Waals surface area contributed by atoms with Crippen molar-refractivity contribution < 1.29 is 9.53 Å². The number of benzene rings is 1. The van der Waals surface area contributed by atoms with Gasteiger partial charge < -0.3 is 15.0 Å². The van der Waals surface area contributed by atoms with Crippen LogP contribution >= 0.6 is 0 Å². The summed E-state index contributed by atoms with van der Waals surface area (Å²) in [5.41, 5.74) is 1.46. The molecule has 1 saturated heterocycles. The highest BCUT2D eigenvalue weighted by molar-refractivity contribution is 5.92. The quantitative estimate of drug-likeness (QED) is 0.839. The third-order valence-corrected chi connectivity index (χ3v) is 4.29. The Bertz CT molecular complexity index is 670. The molecule has 0 spiro atoms. The molecule has 0 bridgehead atoms. The number of carbonyl (C=O) groups is 1. The molecule has 1 amide bonds. The minimum Gasteiger partial charge on any atom is -0.376 e. The Kier molecular flexibility index (Phi) is 5.95. The third-order valence-electron chi connectivity index (χ3n) is 4.29. The third kappa shape index (κ3) is 4.76. The van der Waals surface area contributed by atoms with Crippen LogP contribution in [-0.2, 0) is 11.3 Å². The van der Waals surface area contributed by atoms with Crippen LogP contribution in [0.5, 0.6) is 0 Å². The van der Waals surface area contributed by atoms with Gasteiger partial charge in [0.2, 0.25) is 0 Å². The van der Waals surface area contributed by atoms with E-state index in [0.29, 0.717) is 24.6 Å². The zero-order valence-electron chi connectivity index (χ0n) is 14.5. The Balaban J connectivity index is 1.58. The molecule has 6 heteroatoms. The average molecular weight is 340 g/mol. The van der Waals surface area contributed by atoms with E-state index in [1.165, 1.54) is 6.20 Å². The largest absolute Gasteiger partial charge is 0.376 e. The summed E-state index contributed by atoms with van der Waals surface area (Å²) in [6.07, 6.45) is 5.57. The molecule has 1 unspecified atom stereocenters. The lowest BCUT2D eigenvalue weighted by molar-refractivity contribution is 0.0746. The van der Waals surface area contributed by atoms with Crippen molar-refractivity contribution >= 4 is 11.7 Å². The van der Waals surface area contributed by atoms with Gasteiger partial charge in [-0.15, -0.1) is 0 Å². The van der Waals surface area contributed by atoms with Gasteiger partial charge in [-0.25, -0.2) is 9.97 Å². The molecule has 1 aromatic carbocycles. The van der Waals surface area contributed by atoms with Gasteiger partial charge in [-0.2, -0.15) is 0 Å². The minimum absolute atomic E-state index is 0.107. The van der Waals surface area contributed by atoms with E-state index in [-0.39, 0.29) is 12.0 Å². The smallest absolute Gasteiger partial charge is 0.274 e. The molecule has 1 fully saturated rings. The molecule has 2 aromatic rings. The fourth-order valence-electron chi connectivity index (χ4n) is 2.85. The van der Waals surface area contributed by atoms with Gasteiger partial charge in [0.15, 0.2) is 0 Å². The highest BCUT2D eigenvalue weighted by Crippen LogP contribution is 2.13. The van der Waals surface area contributed by atoms with Crippen molar-refractivity contribution in [1.29, 1.82) is 0 Å². The number of ether oxygens (including phenoxy) is 1. The highest BCUT2D eigenvalue weighted by Gasteiger charge is 2.17. The first-order chi connectivity index (χ1) is 12.3. The Morgan fingerprint density at radius 3 is 2.76 bits per heavy atom. The number of aromatic nitrogens is 2. The molecule has 0 aliphatic carbocycles. The van der Waals surface area contributed by atoms with Crippen molar-refractivity contribution in [3.8, 4) is 0 Å².